The first kappa shape index (κ1) is 24.7. The van der Waals surface area contributed by atoms with Crippen LogP contribution >= 0.6 is 39.7 Å². The molecule has 0 aliphatic carbocycles. The first-order chi connectivity index (χ1) is 15.8. The molecule has 1 heterocycles. The van der Waals surface area contributed by atoms with Crippen LogP contribution in [0.4, 0.5) is 10.6 Å². The highest BCUT2D eigenvalue weighted by Gasteiger charge is 2.25. The number of thiocarbonyl (C=S) groups is 1. The fraction of sp³-hybridized carbons (Fsp3) is 0.182. The Balaban J connectivity index is 2.12. The third kappa shape index (κ3) is 5.89. The average molecular weight is 553 g/mol. The Morgan fingerprint density at radius 1 is 1.15 bits per heavy atom. The van der Waals surface area contributed by atoms with Gasteiger partial charge in [0, 0.05) is 15.2 Å². The lowest BCUT2D eigenvalue weighted by atomic mass is 10.1. The Morgan fingerprint density at radius 2 is 1.88 bits per heavy atom. The molecule has 0 aliphatic heterocycles. The number of carbonyl (C=O) groups excluding carboxylic acids is 2. The van der Waals surface area contributed by atoms with Crippen LogP contribution in [0.1, 0.15) is 23.0 Å². The normalized spacial score (nSPS) is 10.4. The third-order valence-corrected chi connectivity index (χ3v) is 5.51. The van der Waals surface area contributed by atoms with E-state index in [1.807, 2.05) is 30.3 Å². The second-order valence-electron chi connectivity index (χ2n) is 6.48. The van der Waals surface area contributed by atoms with Gasteiger partial charge >= 0.3 is 12.1 Å². The molecule has 0 bridgehead atoms. The molecule has 0 saturated carbocycles. The summed E-state index contributed by atoms with van der Waals surface area (Å²) in [6.45, 7) is 2.01. The van der Waals surface area contributed by atoms with E-state index < -0.39 is 12.1 Å². The molecule has 0 saturated heterocycles. The molecule has 0 unspecified atom stereocenters. The number of nitrogens with zero attached hydrogens (tertiary/aromatic N) is 1. The van der Waals surface area contributed by atoms with Gasteiger partial charge in [0.15, 0.2) is 16.6 Å². The maximum Gasteiger partial charge on any atom is 0.413 e. The van der Waals surface area contributed by atoms with Gasteiger partial charge in [-0.25, -0.2) is 14.6 Å². The van der Waals surface area contributed by atoms with Crippen LogP contribution in [0.5, 0.6) is 5.75 Å². The summed E-state index contributed by atoms with van der Waals surface area (Å²) in [5.41, 5.74) is 0.775. The largest absolute Gasteiger partial charge is 0.486 e. The van der Waals surface area contributed by atoms with Crippen molar-refractivity contribution in [1.82, 2.24) is 10.3 Å². The second kappa shape index (κ2) is 11.3. The molecule has 3 rings (SSSR count). The van der Waals surface area contributed by atoms with Crippen molar-refractivity contribution >= 4 is 73.5 Å². The highest BCUT2D eigenvalue weighted by atomic mass is 79.9. The molecule has 172 valence electrons. The van der Waals surface area contributed by atoms with Crippen molar-refractivity contribution in [2.45, 2.75) is 13.5 Å². The van der Waals surface area contributed by atoms with Gasteiger partial charge in [-0.15, -0.1) is 0 Å². The number of nitrogens with one attached hydrogen (secondary N) is 2. The maximum atomic E-state index is 12.6. The molecule has 11 heteroatoms. The van der Waals surface area contributed by atoms with Gasteiger partial charge in [0.2, 0.25) is 0 Å². The van der Waals surface area contributed by atoms with Crippen LogP contribution in [0.2, 0.25) is 5.02 Å². The molecule has 2 aromatic carbocycles. The molecule has 0 fully saturated rings. The molecule has 0 atom stereocenters. The first-order valence-electron chi connectivity index (χ1n) is 9.67. The van der Waals surface area contributed by atoms with Crippen LogP contribution < -0.4 is 15.4 Å². The fourth-order valence-electron chi connectivity index (χ4n) is 2.94. The molecular weight excluding hydrogens is 534 g/mol. The zero-order valence-electron chi connectivity index (χ0n) is 17.6. The summed E-state index contributed by atoms with van der Waals surface area (Å²) < 4.78 is 16.4. The van der Waals surface area contributed by atoms with Gasteiger partial charge in [0.05, 0.1) is 18.7 Å². The molecule has 8 nitrogen and oxygen atoms in total. The van der Waals surface area contributed by atoms with E-state index in [0.717, 1.165) is 5.56 Å². The summed E-state index contributed by atoms with van der Waals surface area (Å²) in [6, 6.07) is 12.8. The summed E-state index contributed by atoms with van der Waals surface area (Å²) in [7, 11) is 1.23. The van der Waals surface area contributed by atoms with Crippen molar-refractivity contribution in [3.05, 3.63) is 63.2 Å². The van der Waals surface area contributed by atoms with E-state index in [1.165, 1.54) is 7.11 Å². The van der Waals surface area contributed by atoms with Crippen molar-refractivity contribution in [3.8, 4) is 5.75 Å². The van der Waals surface area contributed by atoms with Crippen LogP contribution in [-0.2, 0) is 16.1 Å². The number of hydrogen-bond acceptors (Lipinski definition) is 7. The smallest absolute Gasteiger partial charge is 0.413 e. The van der Waals surface area contributed by atoms with Gasteiger partial charge in [0.1, 0.15) is 12.4 Å². The summed E-state index contributed by atoms with van der Waals surface area (Å²) >= 11 is 15.2. The summed E-state index contributed by atoms with van der Waals surface area (Å²) in [6.07, 6.45) is -0.729. The van der Waals surface area contributed by atoms with Crippen LogP contribution in [0.3, 0.4) is 0 Å². The monoisotopic (exact) mass is 551 g/mol. The van der Waals surface area contributed by atoms with Gasteiger partial charge in [-0.2, -0.15) is 0 Å². The van der Waals surface area contributed by atoms with E-state index in [9.17, 15) is 9.59 Å². The van der Waals surface area contributed by atoms with Crippen molar-refractivity contribution in [2.24, 2.45) is 0 Å². The van der Waals surface area contributed by atoms with E-state index in [2.05, 4.69) is 31.5 Å². The Morgan fingerprint density at radius 3 is 2.55 bits per heavy atom. The Kier molecular flexibility index (Phi) is 8.43. The molecular formula is C22H19BrClN3O5S. The van der Waals surface area contributed by atoms with Crippen LogP contribution in [0.15, 0.2) is 46.9 Å². The molecule has 3 aromatic rings. The lowest BCUT2D eigenvalue weighted by Crippen LogP contribution is -2.35. The third-order valence-electron chi connectivity index (χ3n) is 4.33. The number of alkyl carbamates (subject to hydrolysis) is 1. The highest BCUT2D eigenvalue weighted by Crippen LogP contribution is 2.42. The van der Waals surface area contributed by atoms with Crippen LogP contribution in [0, 0.1) is 0 Å². The van der Waals surface area contributed by atoms with E-state index in [4.69, 9.17) is 38.0 Å². The number of hydrogen-bond donors (Lipinski definition) is 2. The van der Waals surface area contributed by atoms with Gasteiger partial charge in [-0.3, -0.25) is 5.32 Å². The summed E-state index contributed by atoms with van der Waals surface area (Å²) in [4.78, 5) is 28.7. The number of halogens is 2. The lowest BCUT2D eigenvalue weighted by Gasteiger charge is -2.18. The number of benzene rings is 2. The zero-order valence-corrected chi connectivity index (χ0v) is 20.8. The highest BCUT2D eigenvalue weighted by molar-refractivity contribution is 9.10. The van der Waals surface area contributed by atoms with E-state index in [0.29, 0.717) is 20.3 Å². The fourth-order valence-corrected chi connectivity index (χ4v) is 3.88. The number of pyridine rings is 1. The van der Waals surface area contributed by atoms with Gasteiger partial charge in [0.25, 0.3) is 0 Å². The number of anilines is 1. The predicted molar refractivity (Wildman–Crippen MR) is 133 cm³/mol. The quantitative estimate of drug-likeness (QED) is 0.307. The molecule has 0 spiro atoms. The topological polar surface area (TPSA) is 98.8 Å². The number of rotatable bonds is 6. The summed E-state index contributed by atoms with van der Waals surface area (Å²) in [5.74, 6) is -0.418. The van der Waals surface area contributed by atoms with Gasteiger partial charge in [-0.05, 0) is 36.8 Å². The van der Waals surface area contributed by atoms with E-state index in [1.54, 1.807) is 19.1 Å². The first-order valence-corrected chi connectivity index (χ1v) is 11.2. The number of methoxy groups -OCH3 is 1. The predicted octanol–water partition coefficient (Wildman–Crippen LogP) is 5.46. The standard InChI is InChI=1S/C22H19BrClN3O5S/c1-3-31-22(29)27-21(33)26-19-15-13(23)9-10-14(24)16(15)18(17(25-19)20(28)30-2)32-11-12-7-5-4-6-8-12/h4-10H,3,11H2,1-2H3,(H2,25,26,27,29,33). The molecule has 2 N–H and O–H groups in total. The van der Waals surface area contributed by atoms with Crippen molar-refractivity contribution in [2.75, 3.05) is 19.0 Å². The number of carbonyl (C=O) groups is 2. The number of aromatic nitrogens is 1. The minimum Gasteiger partial charge on any atom is -0.486 e. The number of esters is 1. The number of fused-ring (bicyclic) bond motifs is 1. The van der Waals surface area contributed by atoms with Gasteiger partial charge < -0.3 is 19.5 Å². The summed E-state index contributed by atoms with van der Waals surface area (Å²) in [5, 5.41) is 6.34. The minimum atomic E-state index is -0.733. The van der Waals surface area contributed by atoms with E-state index >= 15 is 0 Å². The van der Waals surface area contributed by atoms with Crippen molar-refractivity contribution < 1.29 is 23.8 Å². The Bertz CT molecular complexity index is 1210. The second-order valence-corrected chi connectivity index (χ2v) is 8.15. The molecule has 0 radical (unpaired) electrons. The Labute approximate surface area is 208 Å². The van der Waals surface area contributed by atoms with Crippen LogP contribution in [0.25, 0.3) is 10.8 Å². The molecule has 1 aromatic heterocycles. The Hall–Kier alpha value is -2.95. The SMILES string of the molecule is CCOC(=O)NC(=S)Nc1nc(C(=O)OC)c(OCc2ccccc2)c2c(Cl)ccc(Br)c12. The molecule has 0 aliphatic rings. The zero-order chi connectivity index (χ0) is 24.0. The van der Waals surface area contributed by atoms with Crippen molar-refractivity contribution in [3.63, 3.8) is 0 Å². The van der Waals surface area contributed by atoms with Crippen LogP contribution in [-0.4, -0.2) is 35.9 Å². The van der Waals surface area contributed by atoms with Crippen molar-refractivity contribution in [1.29, 1.82) is 0 Å². The number of ether oxygens (including phenoxy) is 3. The maximum absolute atomic E-state index is 12.6. The molecule has 1 amide bonds. The lowest BCUT2D eigenvalue weighted by molar-refractivity contribution is 0.0589. The minimum absolute atomic E-state index is 0.0807. The number of amides is 1. The van der Waals surface area contributed by atoms with E-state index in [-0.39, 0.29) is 35.6 Å². The molecule has 33 heavy (non-hydrogen) atoms. The average Bonchev–Trinajstić information content (AvgIpc) is 2.80. The van der Waals surface area contributed by atoms with Gasteiger partial charge in [-0.1, -0.05) is 57.9 Å².